The predicted octanol–water partition coefficient (Wildman–Crippen LogP) is 0.434. The summed E-state index contributed by atoms with van der Waals surface area (Å²) in [5, 5.41) is 2.39. The van der Waals surface area contributed by atoms with E-state index in [1.807, 2.05) is 0 Å². The molecule has 0 radical (unpaired) electrons. The van der Waals surface area contributed by atoms with Gasteiger partial charge in [-0.3, -0.25) is 0 Å². The molecular weight excluding hydrogens is 150 g/mol. The van der Waals surface area contributed by atoms with E-state index < -0.39 is 0 Å². The molecule has 1 saturated heterocycles. The van der Waals surface area contributed by atoms with Crippen LogP contribution in [0.1, 0.15) is 19.3 Å². The zero-order valence-corrected chi connectivity index (χ0v) is 7.61. The first kappa shape index (κ1) is 7.65. The summed E-state index contributed by atoms with van der Waals surface area (Å²) >= 11 is 0. The average Bonchev–Trinajstić information content (AvgIpc) is 2.53. The number of rotatable bonds is 1. The van der Waals surface area contributed by atoms with Crippen molar-refractivity contribution in [3.05, 3.63) is 18.5 Å². The molecule has 0 bridgehead atoms. The van der Waals surface area contributed by atoms with Crippen LogP contribution in [-0.2, 0) is 7.05 Å². The molecule has 1 aromatic heterocycles. The van der Waals surface area contributed by atoms with Crippen molar-refractivity contribution in [2.75, 3.05) is 18.1 Å². The summed E-state index contributed by atoms with van der Waals surface area (Å²) in [6.07, 6.45) is 8.25. The fourth-order valence-corrected chi connectivity index (χ4v) is 1.79. The molecule has 1 fully saturated rings. The average molecular weight is 166 g/mol. The van der Waals surface area contributed by atoms with Gasteiger partial charge in [0.1, 0.15) is 26.3 Å². The molecule has 12 heavy (non-hydrogen) atoms. The SMILES string of the molecule is C[n+]1cccn1N1CCCCC1. The quantitative estimate of drug-likeness (QED) is 0.551. The lowest BCUT2D eigenvalue weighted by molar-refractivity contribution is -0.753. The second-order valence-electron chi connectivity index (χ2n) is 3.40. The van der Waals surface area contributed by atoms with E-state index in [4.69, 9.17) is 0 Å². The lowest BCUT2D eigenvalue weighted by Crippen LogP contribution is -2.52. The monoisotopic (exact) mass is 166 g/mol. The van der Waals surface area contributed by atoms with Gasteiger partial charge in [-0.1, -0.05) is 4.79 Å². The van der Waals surface area contributed by atoms with Crippen molar-refractivity contribution in [1.82, 2.24) is 4.79 Å². The van der Waals surface area contributed by atoms with E-state index in [-0.39, 0.29) is 0 Å². The van der Waals surface area contributed by atoms with E-state index in [0.717, 1.165) is 0 Å². The maximum absolute atomic E-state index is 2.39. The molecule has 1 aliphatic heterocycles. The first-order chi connectivity index (χ1) is 5.88. The third kappa shape index (κ3) is 1.31. The van der Waals surface area contributed by atoms with E-state index in [9.17, 15) is 0 Å². The third-order valence-corrected chi connectivity index (χ3v) is 2.47. The summed E-state index contributed by atoms with van der Waals surface area (Å²) < 4.78 is 2.12. The molecule has 0 unspecified atom stereocenters. The highest BCUT2D eigenvalue weighted by Crippen LogP contribution is 2.06. The minimum atomic E-state index is 1.20. The van der Waals surface area contributed by atoms with Crippen molar-refractivity contribution in [1.29, 1.82) is 0 Å². The molecule has 0 amide bonds. The molecule has 66 valence electrons. The Labute approximate surface area is 73.2 Å². The second kappa shape index (κ2) is 3.17. The molecule has 0 aromatic carbocycles. The Morgan fingerprint density at radius 2 is 1.92 bits per heavy atom. The number of piperidine rings is 1. The Morgan fingerprint density at radius 1 is 1.17 bits per heavy atom. The van der Waals surface area contributed by atoms with Gasteiger partial charge >= 0.3 is 0 Å². The summed E-state index contributed by atoms with van der Waals surface area (Å²) in [6, 6.07) is 2.08. The maximum atomic E-state index is 2.39. The van der Waals surface area contributed by atoms with Crippen LogP contribution in [-0.4, -0.2) is 17.9 Å². The van der Waals surface area contributed by atoms with Crippen LogP contribution in [0.15, 0.2) is 18.5 Å². The molecule has 0 aliphatic carbocycles. The van der Waals surface area contributed by atoms with Crippen molar-refractivity contribution < 1.29 is 4.68 Å². The topological polar surface area (TPSA) is 12.0 Å². The van der Waals surface area contributed by atoms with Crippen LogP contribution in [0, 0.1) is 0 Å². The molecular formula is C9H16N3+. The van der Waals surface area contributed by atoms with Crippen LogP contribution in [0.3, 0.4) is 0 Å². The molecule has 2 rings (SSSR count). The zero-order chi connectivity index (χ0) is 8.39. The normalized spacial score (nSPS) is 18.2. The molecule has 1 aliphatic rings. The highest BCUT2D eigenvalue weighted by Gasteiger charge is 2.17. The summed E-state index contributed by atoms with van der Waals surface area (Å²) in [5.74, 6) is 0. The zero-order valence-electron chi connectivity index (χ0n) is 7.61. The van der Waals surface area contributed by atoms with Crippen molar-refractivity contribution in [2.24, 2.45) is 7.05 Å². The smallest absolute Gasteiger partial charge is 0.113 e. The van der Waals surface area contributed by atoms with Crippen LogP contribution in [0.2, 0.25) is 0 Å². The second-order valence-corrected chi connectivity index (χ2v) is 3.40. The van der Waals surface area contributed by atoms with Crippen LogP contribution in [0.25, 0.3) is 0 Å². The highest BCUT2D eigenvalue weighted by molar-refractivity contribution is 4.86. The maximum Gasteiger partial charge on any atom is 0.113 e. The molecule has 0 saturated carbocycles. The van der Waals surface area contributed by atoms with Crippen LogP contribution >= 0.6 is 0 Å². The standard InChI is InChI=1S/C9H16N3/c1-10-6-5-9-12(10)11-7-3-2-4-8-11/h5-6,9H,2-4,7-8H2,1H3/q+1. The van der Waals surface area contributed by atoms with E-state index >= 15 is 0 Å². The van der Waals surface area contributed by atoms with Gasteiger partial charge in [0.25, 0.3) is 0 Å². The fraction of sp³-hybridized carbons (Fsp3) is 0.667. The van der Waals surface area contributed by atoms with Crippen LogP contribution < -0.4 is 9.69 Å². The van der Waals surface area contributed by atoms with Gasteiger partial charge in [-0.15, -0.1) is 0 Å². The first-order valence-corrected chi connectivity index (χ1v) is 4.66. The largest absolute Gasteiger partial charge is 0.191 e. The van der Waals surface area contributed by atoms with Crippen molar-refractivity contribution in [3.8, 4) is 0 Å². The Morgan fingerprint density at radius 3 is 2.50 bits per heavy atom. The molecule has 0 atom stereocenters. The molecule has 0 N–H and O–H groups in total. The minimum Gasteiger partial charge on any atom is -0.191 e. The lowest BCUT2D eigenvalue weighted by Gasteiger charge is -2.22. The number of nitrogens with zero attached hydrogens (tertiary/aromatic N) is 3. The third-order valence-electron chi connectivity index (χ3n) is 2.47. The molecule has 3 heteroatoms. The fourth-order valence-electron chi connectivity index (χ4n) is 1.79. The van der Waals surface area contributed by atoms with Gasteiger partial charge in [0, 0.05) is 6.07 Å². The molecule has 1 aromatic rings. The number of hydrogen-bond donors (Lipinski definition) is 0. The van der Waals surface area contributed by atoms with Gasteiger partial charge in [-0.25, -0.2) is 0 Å². The van der Waals surface area contributed by atoms with Crippen molar-refractivity contribution in [2.45, 2.75) is 19.3 Å². The van der Waals surface area contributed by atoms with E-state index in [1.165, 1.54) is 32.4 Å². The Hall–Kier alpha value is -0.990. The summed E-state index contributed by atoms with van der Waals surface area (Å²) in [6.45, 7) is 2.39. The van der Waals surface area contributed by atoms with Crippen molar-refractivity contribution in [3.63, 3.8) is 0 Å². The van der Waals surface area contributed by atoms with Crippen molar-refractivity contribution >= 4 is 0 Å². The number of aryl methyl sites for hydroxylation is 1. The Balaban J connectivity index is 2.13. The highest BCUT2D eigenvalue weighted by atomic mass is 15.7. The molecule has 3 nitrogen and oxygen atoms in total. The van der Waals surface area contributed by atoms with Gasteiger partial charge in [-0.2, -0.15) is 9.69 Å². The predicted molar refractivity (Wildman–Crippen MR) is 47.4 cm³/mol. The Kier molecular flexibility index (Phi) is 2.02. The van der Waals surface area contributed by atoms with E-state index in [2.05, 4.69) is 40.0 Å². The summed E-state index contributed by atoms with van der Waals surface area (Å²) in [5.41, 5.74) is 0. The van der Waals surface area contributed by atoms with E-state index in [0.29, 0.717) is 0 Å². The van der Waals surface area contributed by atoms with Gasteiger partial charge < -0.3 is 0 Å². The minimum absolute atomic E-state index is 1.20. The molecule has 0 spiro atoms. The van der Waals surface area contributed by atoms with Crippen LogP contribution in [0.5, 0.6) is 0 Å². The van der Waals surface area contributed by atoms with Crippen LogP contribution in [0.4, 0.5) is 0 Å². The summed E-state index contributed by atoms with van der Waals surface area (Å²) in [7, 11) is 2.08. The Bertz CT molecular complexity index is 248. The lowest BCUT2D eigenvalue weighted by atomic mass is 10.2. The van der Waals surface area contributed by atoms with Gasteiger partial charge in [0.15, 0.2) is 0 Å². The summed E-state index contributed by atoms with van der Waals surface area (Å²) in [4.78, 5) is 2.19. The number of hydrogen-bond acceptors (Lipinski definition) is 1. The molecule has 2 heterocycles. The van der Waals surface area contributed by atoms with Gasteiger partial charge in [0.05, 0.1) is 6.20 Å². The first-order valence-electron chi connectivity index (χ1n) is 4.66. The van der Waals surface area contributed by atoms with Gasteiger partial charge in [0.2, 0.25) is 0 Å². The van der Waals surface area contributed by atoms with E-state index in [1.54, 1.807) is 0 Å². The number of aromatic nitrogens is 2. The van der Waals surface area contributed by atoms with Gasteiger partial charge in [-0.05, 0) is 19.3 Å².